The molecule has 0 N–H and O–H groups in total. The van der Waals surface area contributed by atoms with Gasteiger partial charge in [0.2, 0.25) is 5.91 Å². The Morgan fingerprint density at radius 3 is 2.88 bits per heavy atom. The highest BCUT2D eigenvalue weighted by Crippen LogP contribution is 2.28. The maximum Gasteiger partial charge on any atom is 0.222 e. The normalized spacial score (nSPS) is 18.6. The summed E-state index contributed by atoms with van der Waals surface area (Å²) in [6.45, 7) is 3.16. The number of amides is 1. The molecule has 0 bridgehead atoms. The summed E-state index contributed by atoms with van der Waals surface area (Å²) < 4.78 is 4.18. The largest absolute Gasteiger partial charge is 0.340 e. The monoisotopic (exact) mass is 327 g/mol. The Hall–Kier alpha value is -2.11. The quantitative estimate of drug-likeness (QED) is 0.864. The van der Waals surface area contributed by atoms with Gasteiger partial charge in [-0.1, -0.05) is 12.8 Å². The maximum absolute atomic E-state index is 12.6. The van der Waals surface area contributed by atoms with Crippen LogP contribution >= 0.6 is 0 Å². The number of carbonyl (C=O) groups is 1. The van der Waals surface area contributed by atoms with Gasteiger partial charge in [-0.3, -0.25) is 9.48 Å². The summed E-state index contributed by atoms with van der Waals surface area (Å²) in [5.74, 6) is 2.04. The molecule has 1 amide bonds. The zero-order valence-corrected chi connectivity index (χ0v) is 14.1. The number of aromatic nitrogens is 4. The van der Waals surface area contributed by atoms with Gasteiger partial charge in [-0.2, -0.15) is 5.10 Å². The number of rotatable bonds is 4. The van der Waals surface area contributed by atoms with E-state index in [1.807, 2.05) is 28.0 Å². The lowest BCUT2D eigenvalue weighted by atomic mass is 10.0. The van der Waals surface area contributed by atoms with E-state index in [0.717, 1.165) is 44.8 Å². The van der Waals surface area contributed by atoms with Crippen molar-refractivity contribution in [3.05, 3.63) is 36.2 Å². The first-order valence-corrected chi connectivity index (χ1v) is 9.08. The van der Waals surface area contributed by atoms with Gasteiger partial charge in [-0.15, -0.1) is 0 Å². The van der Waals surface area contributed by atoms with E-state index < -0.39 is 0 Å². The van der Waals surface area contributed by atoms with E-state index in [-0.39, 0.29) is 0 Å². The molecule has 0 aromatic carbocycles. The fourth-order valence-corrected chi connectivity index (χ4v) is 4.02. The van der Waals surface area contributed by atoms with Gasteiger partial charge < -0.3 is 9.47 Å². The van der Waals surface area contributed by atoms with E-state index in [2.05, 4.69) is 14.6 Å². The maximum atomic E-state index is 12.6. The van der Waals surface area contributed by atoms with E-state index in [0.29, 0.717) is 11.8 Å². The second-order valence-corrected chi connectivity index (χ2v) is 7.01. The average Bonchev–Trinajstić information content (AvgIpc) is 3.30. The Kier molecular flexibility index (Phi) is 4.36. The minimum absolute atomic E-state index is 0.335. The predicted octanol–water partition coefficient (Wildman–Crippen LogP) is 2.09. The molecule has 1 aliphatic carbocycles. The Morgan fingerprint density at radius 2 is 2.08 bits per heavy atom. The zero-order valence-electron chi connectivity index (χ0n) is 14.1. The van der Waals surface area contributed by atoms with Crippen molar-refractivity contribution in [3.8, 4) is 0 Å². The van der Waals surface area contributed by atoms with Gasteiger partial charge in [0, 0.05) is 44.9 Å². The number of hydrogen-bond donors (Lipinski definition) is 0. The van der Waals surface area contributed by atoms with Crippen molar-refractivity contribution in [1.29, 1.82) is 0 Å². The summed E-state index contributed by atoms with van der Waals surface area (Å²) in [6.07, 6.45) is 12.3. The summed E-state index contributed by atoms with van der Waals surface area (Å²) >= 11 is 0. The number of fused-ring (bicyclic) bond motifs is 1. The van der Waals surface area contributed by atoms with Crippen LogP contribution in [-0.2, 0) is 24.3 Å². The predicted molar refractivity (Wildman–Crippen MR) is 90.4 cm³/mol. The van der Waals surface area contributed by atoms with Crippen LogP contribution in [0.4, 0.5) is 0 Å². The van der Waals surface area contributed by atoms with E-state index in [1.54, 1.807) is 6.20 Å². The number of hydrogen-bond acceptors (Lipinski definition) is 3. The Bertz CT molecular complexity index is 684. The third-order valence-corrected chi connectivity index (χ3v) is 5.39. The van der Waals surface area contributed by atoms with Crippen LogP contribution in [0.25, 0.3) is 0 Å². The molecule has 1 aliphatic heterocycles. The summed E-state index contributed by atoms with van der Waals surface area (Å²) in [5, 5.41) is 4.28. The second-order valence-electron chi connectivity index (χ2n) is 7.01. The molecule has 0 unspecified atom stereocenters. The second kappa shape index (κ2) is 6.79. The number of nitrogens with zero attached hydrogens (tertiary/aromatic N) is 5. The first-order chi connectivity index (χ1) is 11.8. The SMILES string of the molecule is O=C(CC1CCCC1)N1CCc2ncc(Cn3cccn3)n2CC1. The zero-order chi connectivity index (χ0) is 16.4. The van der Waals surface area contributed by atoms with E-state index in [9.17, 15) is 4.79 Å². The molecule has 24 heavy (non-hydrogen) atoms. The molecule has 0 radical (unpaired) electrons. The van der Waals surface area contributed by atoms with Crippen molar-refractivity contribution >= 4 is 5.91 Å². The van der Waals surface area contributed by atoms with Gasteiger partial charge in [0.15, 0.2) is 0 Å². The molecular weight excluding hydrogens is 302 g/mol. The van der Waals surface area contributed by atoms with Crippen molar-refractivity contribution in [3.63, 3.8) is 0 Å². The molecular formula is C18H25N5O. The van der Waals surface area contributed by atoms with Gasteiger partial charge in [0.25, 0.3) is 0 Å². The average molecular weight is 327 g/mol. The molecule has 6 heteroatoms. The van der Waals surface area contributed by atoms with Crippen LogP contribution < -0.4 is 0 Å². The lowest BCUT2D eigenvalue weighted by Gasteiger charge is -2.22. The van der Waals surface area contributed by atoms with Crippen molar-refractivity contribution in [2.75, 3.05) is 13.1 Å². The summed E-state index contributed by atoms with van der Waals surface area (Å²) in [4.78, 5) is 19.2. The standard InChI is InChI=1S/C18H25N5O/c24-18(12-15-4-1-2-5-15)21-9-6-17-19-13-16(23(17)11-10-21)14-22-8-3-7-20-22/h3,7-8,13,15H,1-2,4-6,9-12,14H2. The van der Waals surface area contributed by atoms with E-state index in [1.165, 1.54) is 31.4 Å². The highest BCUT2D eigenvalue weighted by Gasteiger charge is 2.24. The van der Waals surface area contributed by atoms with Crippen molar-refractivity contribution in [2.24, 2.45) is 5.92 Å². The topological polar surface area (TPSA) is 56.0 Å². The molecule has 4 rings (SSSR count). The van der Waals surface area contributed by atoms with Crippen molar-refractivity contribution in [1.82, 2.24) is 24.2 Å². The molecule has 128 valence electrons. The minimum Gasteiger partial charge on any atom is -0.340 e. The van der Waals surface area contributed by atoms with Crippen LogP contribution in [-0.4, -0.2) is 43.2 Å². The van der Waals surface area contributed by atoms with Crippen LogP contribution in [0.15, 0.2) is 24.7 Å². The molecule has 1 fully saturated rings. The fourth-order valence-electron chi connectivity index (χ4n) is 4.02. The fraction of sp³-hybridized carbons (Fsp3) is 0.611. The Morgan fingerprint density at radius 1 is 1.21 bits per heavy atom. The van der Waals surface area contributed by atoms with Crippen LogP contribution in [0.5, 0.6) is 0 Å². The molecule has 0 saturated heterocycles. The van der Waals surface area contributed by atoms with Gasteiger partial charge in [-0.25, -0.2) is 4.98 Å². The van der Waals surface area contributed by atoms with Crippen LogP contribution in [0.3, 0.4) is 0 Å². The minimum atomic E-state index is 0.335. The van der Waals surface area contributed by atoms with E-state index >= 15 is 0 Å². The molecule has 0 spiro atoms. The summed E-state index contributed by atoms with van der Waals surface area (Å²) in [7, 11) is 0. The van der Waals surface area contributed by atoms with E-state index in [4.69, 9.17) is 0 Å². The highest BCUT2D eigenvalue weighted by atomic mass is 16.2. The molecule has 6 nitrogen and oxygen atoms in total. The molecule has 2 aromatic rings. The molecule has 2 aliphatic rings. The smallest absolute Gasteiger partial charge is 0.222 e. The molecule has 0 atom stereocenters. The van der Waals surface area contributed by atoms with Gasteiger partial charge in [-0.05, 0) is 24.8 Å². The van der Waals surface area contributed by atoms with Crippen molar-refractivity contribution in [2.45, 2.75) is 51.6 Å². The summed E-state index contributed by atoms with van der Waals surface area (Å²) in [5.41, 5.74) is 1.17. The van der Waals surface area contributed by atoms with Gasteiger partial charge >= 0.3 is 0 Å². The first-order valence-electron chi connectivity index (χ1n) is 9.08. The van der Waals surface area contributed by atoms with Crippen molar-refractivity contribution < 1.29 is 4.79 Å². The highest BCUT2D eigenvalue weighted by molar-refractivity contribution is 5.76. The number of carbonyl (C=O) groups excluding carboxylic acids is 1. The van der Waals surface area contributed by atoms with Crippen LogP contribution in [0.2, 0.25) is 0 Å². The third-order valence-electron chi connectivity index (χ3n) is 5.39. The third kappa shape index (κ3) is 3.23. The lowest BCUT2D eigenvalue weighted by Crippen LogP contribution is -2.34. The molecule has 3 heterocycles. The molecule has 2 aromatic heterocycles. The van der Waals surface area contributed by atoms with Crippen LogP contribution in [0, 0.1) is 5.92 Å². The Labute approximate surface area is 142 Å². The molecule has 1 saturated carbocycles. The summed E-state index contributed by atoms with van der Waals surface area (Å²) in [6, 6.07) is 1.93. The lowest BCUT2D eigenvalue weighted by molar-refractivity contribution is -0.132. The first kappa shape index (κ1) is 15.4. The van der Waals surface area contributed by atoms with Gasteiger partial charge in [0.05, 0.1) is 18.4 Å². The number of imidazole rings is 1. The van der Waals surface area contributed by atoms with Crippen LogP contribution in [0.1, 0.15) is 43.6 Å². The Balaban J connectivity index is 1.40. The van der Waals surface area contributed by atoms with Gasteiger partial charge in [0.1, 0.15) is 5.82 Å².